The van der Waals surface area contributed by atoms with E-state index < -0.39 is 4.92 Å². The summed E-state index contributed by atoms with van der Waals surface area (Å²) in [5, 5.41) is 13.9. The average molecular weight is 230 g/mol. The Hall–Kier alpha value is -1.36. The van der Waals surface area contributed by atoms with Gasteiger partial charge in [-0.25, -0.2) is 4.98 Å². The molecule has 0 saturated carbocycles. The Kier molecular flexibility index (Phi) is 3.85. The first kappa shape index (κ1) is 11.7. The number of hydrogen-bond acceptors (Lipinski definition) is 4. The molecule has 0 bridgehead atoms. The van der Waals surface area contributed by atoms with Crippen molar-refractivity contribution in [2.24, 2.45) is 0 Å². The van der Waals surface area contributed by atoms with Crippen molar-refractivity contribution in [1.29, 1.82) is 0 Å². The zero-order chi connectivity index (χ0) is 11.4. The molecule has 1 aromatic rings. The van der Waals surface area contributed by atoms with Gasteiger partial charge >= 0.3 is 5.69 Å². The van der Waals surface area contributed by atoms with E-state index in [1.165, 1.54) is 12.1 Å². The van der Waals surface area contributed by atoms with Crippen molar-refractivity contribution in [3.8, 4) is 0 Å². The van der Waals surface area contributed by atoms with Gasteiger partial charge in [-0.2, -0.15) is 0 Å². The van der Waals surface area contributed by atoms with E-state index in [-0.39, 0.29) is 22.7 Å². The summed E-state index contributed by atoms with van der Waals surface area (Å²) < 4.78 is 0. The lowest BCUT2D eigenvalue weighted by Crippen LogP contribution is -2.15. The van der Waals surface area contributed by atoms with Gasteiger partial charge in [0.1, 0.15) is 5.15 Å². The van der Waals surface area contributed by atoms with Gasteiger partial charge in [-0.3, -0.25) is 10.1 Å². The quantitative estimate of drug-likeness (QED) is 0.490. The van der Waals surface area contributed by atoms with E-state index in [4.69, 9.17) is 11.6 Å². The lowest BCUT2D eigenvalue weighted by atomic mass is 10.2. The maximum atomic E-state index is 10.7. The molecule has 0 fully saturated rings. The third-order valence-electron chi connectivity index (χ3n) is 2.03. The van der Waals surface area contributed by atoms with Crippen LogP contribution >= 0.6 is 11.6 Å². The molecule has 82 valence electrons. The number of halogens is 1. The molecule has 1 atom stereocenters. The van der Waals surface area contributed by atoms with Crippen LogP contribution in [0, 0.1) is 10.1 Å². The molecule has 0 aliphatic rings. The topological polar surface area (TPSA) is 68.1 Å². The van der Waals surface area contributed by atoms with Crippen molar-refractivity contribution in [3.63, 3.8) is 0 Å². The number of nitrogens with zero attached hydrogens (tertiary/aromatic N) is 2. The molecule has 0 saturated heterocycles. The van der Waals surface area contributed by atoms with Crippen LogP contribution in [0.4, 0.5) is 11.5 Å². The fourth-order valence-electron chi connectivity index (χ4n) is 1.02. The molecule has 0 aliphatic carbocycles. The zero-order valence-electron chi connectivity index (χ0n) is 8.53. The summed E-state index contributed by atoms with van der Waals surface area (Å²) in [6.45, 7) is 3.90. The standard InChI is InChI=1S/C9H12ClN3O2/c1-3-6(2)11-9-7(13(14)15)4-5-8(10)12-9/h4-6H,3H2,1-2H3,(H,11,12). The van der Waals surface area contributed by atoms with Crippen LogP contribution in [0.3, 0.4) is 0 Å². The van der Waals surface area contributed by atoms with E-state index in [2.05, 4.69) is 10.3 Å². The smallest absolute Gasteiger partial charge is 0.311 e. The Balaban J connectivity index is 3.02. The molecule has 5 nitrogen and oxygen atoms in total. The van der Waals surface area contributed by atoms with Crippen molar-refractivity contribution >= 4 is 23.1 Å². The van der Waals surface area contributed by atoms with Gasteiger partial charge in [-0.05, 0) is 19.4 Å². The average Bonchev–Trinajstić information content (AvgIpc) is 2.17. The fraction of sp³-hybridized carbons (Fsp3) is 0.444. The molecule has 0 spiro atoms. The highest BCUT2D eigenvalue weighted by Crippen LogP contribution is 2.24. The number of nitro groups is 1. The first-order chi connectivity index (χ1) is 7.04. The van der Waals surface area contributed by atoms with Crippen LogP contribution < -0.4 is 5.32 Å². The van der Waals surface area contributed by atoms with Crippen LogP contribution in [-0.2, 0) is 0 Å². The number of pyridine rings is 1. The van der Waals surface area contributed by atoms with Crippen molar-refractivity contribution < 1.29 is 4.92 Å². The molecule has 1 aromatic heterocycles. The molecule has 0 aromatic carbocycles. The third-order valence-corrected chi connectivity index (χ3v) is 2.24. The summed E-state index contributed by atoms with van der Waals surface area (Å²) in [5.41, 5.74) is -0.0558. The second-order valence-corrected chi connectivity index (χ2v) is 3.60. The molecule has 1 heterocycles. The van der Waals surface area contributed by atoms with E-state index in [0.717, 1.165) is 6.42 Å². The summed E-state index contributed by atoms with van der Waals surface area (Å²) in [5.74, 6) is 0.224. The summed E-state index contributed by atoms with van der Waals surface area (Å²) in [6.07, 6.45) is 0.853. The summed E-state index contributed by atoms with van der Waals surface area (Å²) >= 11 is 5.67. The van der Waals surface area contributed by atoms with Crippen molar-refractivity contribution in [1.82, 2.24) is 4.98 Å². The molecule has 0 aliphatic heterocycles. The first-order valence-corrected chi connectivity index (χ1v) is 4.99. The molecule has 0 radical (unpaired) electrons. The normalized spacial score (nSPS) is 12.2. The minimum absolute atomic E-state index is 0.0558. The highest BCUT2D eigenvalue weighted by atomic mass is 35.5. The van der Waals surface area contributed by atoms with Crippen molar-refractivity contribution in [3.05, 3.63) is 27.4 Å². The van der Waals surface area contributed by atoms with Crippen LogP contribution in [0.15, 0.2) is 12.1 Å². The summed E-state index contributed by atoms with van der Waals surface area (Å²) in [4.78, 5) is 14.1. The van der Waals surface area contributed by atoms with E-state index in [9.17, 15) is 10.1 Å². The Morgan fingerprint density at radius 2 is 2.33 bits per heavy atom. The molecular weight excluding hydrogens is 218 g/mol. The van der Waals surface area contributed by atoms with Crippen LogP contribution in [0.1, 0.15) is 20.3 Å². The maximum Gasteiger partial charge on any atom is 0.311 e. The molecule has 1 N–H and O–H groups in total. The van der Waals surface area contributed by atoms with E-state index >= 15 is 0 Å². The minimum Gasteiger partial charge on any atom is -0.362 e. The lowest BCUT2D eigenvalue weighted by molar-refractivity contribution is -0.384. The van der Waals surface area contributed by atoms with Gasteiger partial charge in [-0.1, -0.05) is 18.5 Å². The molecule has 0 amide bonds. The highest BCUT2D eigenvalue weighted by molar-refractivity contribution is 6.29. The van der Waals surface area contributed by atoms with E-state index in [1.807, 2.05) is 13.8 Å². The Morgan fingerprint density at radius 3 is 2.87 bits per heavy atom. The largest absolute Gasteiger partial charge is 0.362 e. The number of anilines is 1. The monoisotopic (exact) mass is 229 g/mol. The summed E-state index contributed by atoms with van der Waals surface area (Å²) in [6, 6.07) is 2.87. The van der Waals surface area contributed by atoms with Gasteiger partial charge in [-0.15, -0.1) is 0 Å². The SMILES string of the molecule is CCC(C)Nc1nc(Cl)ccc1[N+](=O)[O-]. The van der Waals surface area contributed by atoms with Crippen molar-refractivity contribution in [2.75, 3.05) is 5.32 Å². The summed E-state index contributed by atoms with van der Waals surface area (Å²) in [7, 11) is 0. The van der Waals surface area contributed by atoms with Gasteiger partial charge in [0.25, 0.3) is 0 Å². The van der Waals surface area contributed by atoms with Crippen LogP contribution in [0.25, 0.3) is 0 Å². The maximum absolute atomic E-state index is 10.7. The fourth-order valence-corrected chi connectivity index (χ4v) is 1.16. The van der Waals surface area contributed by atoms with E-state index in [0.29, 0.717) is 0 Å². The number of rotatable bonds is 4. The van der Waals surface area contributed by atoms with Gasteiger partial charge < -0.3 is 5.32 Å². The number of aromatic nitrogens is 1. The van der Waals surface area contributed by atoms with Crippen molar-refractivity contribution in [2.45, 2.75) is 26.3 Å². The Morgan fingerprint density at radius 1 is 1.67 bits per heavy atom. The first-order valence-electron chi connectivity index (χ1n) is 4.62. The molecule has 1 rings (SSSR count). The van der Waals surface area contributed by atoms with Crippen LogP contribution in [0.2, 0.25) is 5.15 Å². The minimum atomic E-state index is -0.478. The molecule has 1 unspecified atom stereocenters. The van der Waals surface area contributed by atoms with Gasteiger partial charge in [0, 0.05) is 12.1 Å². The molecular formula is C9H12ClN3O2. The van der Waals surface area contributed by atoms with Crippen LogP contribution in [0.5, 0.6) is 0 Å². The van der Waals surface area contributed by atoms with E-state index in [1.54, 1.807) is 0 Å². The third kappa shape index (κ3) is 3.06. The zero-order valence-corrected chi connectivity index (χ0v) is 9.28. The van der Waals surface area contributed by atoms with Gasteiger partial charge in [0.15, 0.2) is 0 Å². The predicted molar refractivity (Wildman–Crippen MR) is 59.3 cm³/mol. The second-order valence-electron chi connectivity index (χ2n) is 3.21. The Labute approximate surface area is 92.6 Å². The molecule has 6 heteroatoms. The molecule has 15 heavy (non-hydrogen) atoms. The number of hydrogen-bond donors (Lipinski definition) is 1. The Bertz CT molecular complexity index is 370. The van der Waals surface area contributed by atoms with Gasteiger partial charge in [0.2, 0.25) is 5.82 Å². The van der Waals surface area contributed by atoms with Gasteiger partial charge in [0.05, 0.1) is 4.92 Å². The van der Waals surface area contributed by atoms with Crippen LogP contribution in [-0.4, -0.2) is 15.9 Å². The second kappa shape index (κ2) is 4.93. The lowest BCUT2D eigenvalue weighted by Gasteiger charge is -2.11. The highest BCUT2D eigenvalue weighted by Gasteiger charge is 2.16. The number of nitrogens with one attached hydrogen (secondary N) is 1. The predicted octanol–water partition coefficient (Wildman–Crippen LogP) is 2.85.